The van der Waals surface area contributed by atoms with Crippen LogP contribution in [0.3, 0.4) is 0 Å². The zero-order valence-corrected chi connectivity index (χ0v) is 18.5. The highest BCUT2D eigenvalue weighted by Gasteiger charge is 2.35. The van der Waals surface area contributed by atoms with E-state index < -0.39 is 29.7 Å². The molecular formula is C22H22ClF3N4O3. The standard InChI is InChI=1S/C22H22ClF3N4O3/c1-12(27-17-3-2-13(23)8-16(17)21(32)33)15-9-14(24)11-30-19(31)10-18(28-20(15)30)29-6-4-22(25,26)5-7-29/h2-3,8-10,12,14,27H,4-7,11H2,1H3,(H,32,33)/t12-,14?/m1/s1. The van der Waals surface area contributed by atoms with Crippen molar-refractivity contribution in [2.75, 3.05) is 23.3 Å². The summed E-state index contributed by atoms with van der Waals surface area (Å²) in [5.74, 6) is -3.46. The fraction of sp³-hybridized carbons (Fsp3) is 0.409. The topological polar surface area (TPSA) is 87.5 Å². The molecule has 7 nitrogen and oxygen atoms in total. The number of fused-ring (bicyclic) bond motifs is 1. The number of nitrogens with one attached hydrogen (secondary N) is 1. The van der Waals surface area contributed by atoms with Crippen molar-refractivity contribution in [3.8, 4) is 0 Å². The Morgan fingerprint density at radius 1 is 1.30 bits per heavy atom. The monoisotopic (exact) mass is 482 g/mol. The first-order chi connectivity index (χ1) is 15.5. The summed E-state index contributed by atoms with van der Waals surface area (Å²) >= 11 is 5.91. The predicted molar refractivity (Wildman–Crippen MR) is 119 cm³/mol. The third kappa shape index (κ3) is 4.85. The van der Waals surface area contributed by atoms with E-state index in [1.54, 1.807) is 11.8 Å². The van der Waals surface area contributed by atoms with Gasteiger partial charge >= 0.3 is 5.97 Å². The van der Waals surface area contributed by atoms with Gasteiger partial charge in [-0.2, -0.15) is 0 Å². The summed E-state index contributed by atoms with van der Waals surface area (Å²) < 4.78 is 42.8. The molecule has 33 heavy (non-hydrogen) atoms. The maximum Gasteiger partial charge on any atom is 0.337 e. The molecule has 2 aromatic rings. The summed E-state index contributed by atoms with van der Waals surface area (Å²) in [7, 11) is 0. The average Bonchev–Trinajstić information content (AvgIpc) is 2.74. The van der Waals surface area contributed by atoms with E-state index in [2.05, 4.69) is 10.3 Å². The molecule has 2 N–H and O–H groups in total. The van der Waals surface area contributed by atoms with Crippen LogP contribution in [0.1, 0.15) is 35.9 Å². The Morgan fingerprint density at radius 2 is 2.00 bits per heavy atom. The number of carboxylic acid groups (broad SMARTS) is 1. The highest BCUT2D eigenvalue weighted by Crippen LogP contribution is 2.32. The van der Waals surface area contributed by atoms with Gasteiger partial charge in [-0.15, -0.1) is 0 Å². The fourth-order valence-corrected chi connectivity index (χ4v) is 4.25. The third-order valence-electron chi connectivity index (χ3n) is 5.84. The van der Waals surface area contributed by atoms with Crippen molar-refractivity contribution in [3.05, 3.63) is 57.1 Å². The highest BCUT2D eigenvalue weighted by molar-refractivity contribution is 6.31. The zero-order chi connectivity index (χ0) is 23.9. The van der Waals surface area contributed by atoms with Crippen LogP contribution < -0.4 is 15.8 Å². The van der Waals surface area contributed by atoms with Gasteiger partial charge in [-0.3, -0.25) is 9.36 Å². The quantitative estimate of drug-likeness (QED) is 0.668. The molecule has 1 unspecified atom stereocenters. The normalized spacial score (nSPS) is 20.6. The average molecular weight is 483 g/mol. The molecule has 2 aliphatic heterocycles. The van der Waals surface area contributed by atoms with Crippen LogP contribution in [-0.2, 0) is 6.54 Å². The van der Waals surface area contributed by atoms with Gasteiger partial charge in [0.1, 0.15) is 17.8 Å². The first kappa shape index (κ1) is 23.2. The molecule has 0 amide bonds. The lowest BCUT2D eigenvalue weighted by Crippen LogP contribution is -2.41. The molecule has 11 heteroatoms. The van der Waals surface area contributed by atoms with E-state index in [4.69, 9.17) is 11.6 Å². The molecular weight excluding hydrogens is 461 g/mol. The number of nitrogens with zero attached hydrogens (tertiary/aromatic N) is 3. The van der Waals surface area contributed by atoms with Crippen molar-refractivity contribution in [3.63, 3.8) is 0 Å². The third-order valence-corrected chi connectivity index (χ3v) is 6.07. The van der Waals surface area contributed by atoms with Crippen LogP contribution in [-0.4, -0.2) is 51.9 Å². The number of allylic oxidation sites excluding steroid dienone is 1. The second-order valence-corrected chi connectivity index (χ2v) is 8.67. The maximum absolute atomic E-state index is 14.5. The Balaban J connectivity index is 1.68. The minimum atomic E-state index is -2.74. The molecule has 0 spiro atoms. The Morgan fingerprint density at radius 3 is 2.67 bits per heavy atom. The van der Waals surface area contributed by atoms with E-state index in [1.807, 2.05) is 0 Å². The number of hydrogen-bond acceptors (Lipinski definition) is 5. The Bertz CT molecular complexity index is 1170. The van der Waals surface area contributed by atoms with Crippen LogP contribution in [0.5, 0.6) is 0 Å². The Hall–Kier alpha value is -3.01. The van der Waals surface area contributed by atoms with Gasteiger partial charge in [0.25, 0.3) is 11.5 Å². The van der Waals surface area contributed by atoms with E-state index in [1.165, 1.54) is 34.9 Å². The minimum Gasteiger partial charge on any atom is -0.478 e. The maximum atomic E-state index is 14.5. The number of piperidine rings is 1. The van der Waals surface area contributed by atoms with Gasteiger partial charge in [-0.1, -0.05) is 11.6 Å². The molecule has 1 aromatic heterocycles. The molecule has 1 saturated heterocycles. The summed E-state index contributed by atoms with van der Waals surface area (Å²) in [5.41, 5.74) is 0.0901. The highest BCUT2D eigenvalue weighted by atomic mass is 35.5. The number of anilines is 2. The first-order valence-corrected chi connectivity index (χ1v) is 10.8. The van der Waals surface area contributed by atoms with E-state index in [9.17, 15) is 27.9 Å². The van der Waals surface area contributed by atoms with Gasteiger partial charge < -0.3 is 15.3 Å². The SMILES string of the molecule is C[C@@H](Nc1ccc(Cl)cc1C(=O)O)C1=CC(F)Cn2c1nc(N1CCC(F)(F)CC1)cc2=O. The molecule has 0 saturated carbocycles. The van der Waals surface area contributed by atoms with Crippen molar-refractivity contribution < 1.29 is 23.1 Å². The minimum absolute atomic E-state index is 0.0498. The molecule has 3 heterocycles. The van der Waals surface area contributed by atoms with Crippen LogP contribution in [0.4, 0.5) is 24.7 Å². The van der Waals surface area contributed by atoms with Crippen molar-refractivity contribution in [2.24, 2.45) is 0 Å². The summed E-state index contributed by atoms with van der Waals surface area (Å²) in [6.07, 6.45) is -0.784. The zero-order valence-electron chi connectivity index (χ0n) is 17.7. The van der Waals surface area contributed by atoms with Crippen LogP contribution in [0.15, 0.2) is 35.1 Å². The largest absolute Gasteiger partial charge is 0.478 e. The van der Waals surface area contributed by atoms with Gasteiger partial charge in [0, 0.05) is 48.3 Å². The molecule has 176 valence electrons. The number of benzene rings is 1. The molecule has 2 atom stereocenters. The molecule has 0 radical (unpaired) electrons. The van der Waals surface area contributed by atoms with Gasteiger partial charge in [0.15, 0.2) is 0 Å². The number of halogens is 4. The lowest BCUT2D eigenvalue weighted by molar-refractivity contribution is -0.0221. The molecule has 1 fully saturated rings. The van der Waals surface area contributed by atoms with Crippen LogP contribution >= 0.6 is 11.6 Å². The molecule has 1 aromatic carbocycles. The number of alkyl halides is 3. The van der Waals surface area contributed by atoms with E-state index in [-0.39, 0.29) is 60.4 Å². The lowest BCUT2D eigenvalue weighted by Gasteiger charge is -2.33. The van der Waals surface area contributed by atoms with E-state index in [0.29, 0.717) is 5.57 Å². The molecule has 2 aliphatic rings. The smallest absolute Gasteiger partial charge is 0.337 e. The van der Waals surface area contributed by atoms with Gasteiger partial charge in [0.05, 0.1) is 18.2 Å². The van der Waals surface area contributed by atoms with Crippen molar-refractivity contribution >= 4 is 34.6 Å². The second kappa shape index (κ2) is 8.74. The Labute approximate surface area is 192 Å². The second-order valence-electron chi connectivity index (χ2n) is 8.23. The predicted octanol–water partition coefficient (Wildman–Crippen LogP) is 4.07. The van der Waals surface area contributed by atoms with Gasteiger partial charge in [0.2, 0.25) is 0 Å². The van der Waals surface area contributed by atoms with Crippen molar-refractivity contribution in [2.45, 2.75) is 44.4 Å². The number of carboxylic acids is 1. The first-order valence-electron chi connectivity index (χ1n) is 10.4. The Kier molecular flexibility index (Phi) is 6.13. The van der Waals surface area contributed by atoms with Crippen molar-refractivity contribution in [1.82, 2.24) is 9.55 Å². The number of hydrogen-bond donors (Lipinski definition) is 2. The number of aromatic carboxylic acids is 1. The number of rotatable bonds is 5. The number of carbonyl (C=O) groups is 1. The number of aromatic nitrogens is 2. The summed E-state index contributed by atoms with van der Waals surface area (Å²) in [4.78, 5) is 30.5. The molecule has 0 aliphatic carbocycles. The lowest BCUT2D eigenvalue weighted by atomic mass is 10.0. The van der Waals surface area contributed by atoms with Crippen LogP contribution in [0, 0.1) is 0 Å². The van der Waals surface area contributed by atoms with Crippen molar-refractivity contribution in [1.29, 1.82) is 0 Å². The van der Waals surface area contributed by atoms with Crippen LogP contribution in [0.2, 0.25) is 5.02 Å². The van der Waals surface area contributed by atoms with E-state index in [0.717, 1.165) is 0 Å². The van der Waals surface area contributed by atoms with Crippen LogP contribution in [0.25, 0.3) is 5.57 Å². The molecule has 4 rings (SSSR count). The molecule has 0 bridgehead atoms. The summed E-state index contributed by atoms with van der Waals surface area (Å²) in [5, 5.41) is 12.8. The summed E-state index contributed by atoms with van der Waals surface area (Å²) in [6, 6.07) is 4.94. The van der Waals surface area contributed by atoms with E-state index >= 15 is 0 Å². The summed E-state index contributed by atoms with van der Waals surface area (Å²) in [6.45, 7) is 1.58. The van der Waals surface area contributed by atoms with Gasteiger partial charge in [-0.25, -0.2) is 22.9 Å². The van der Waals surface area contributed by atoms with Gasteiger partial charge in [-0.05, 0) is 31.2 Å². The fourth-order valence-electron chi connectivity index (χ4n) is 4.08.